The van der Waals surface area contributed by atoms with E-state index in [1.54, 1.807) is 49.4 Å². The smallest absolute Gasteiger partial charge is 0.343 e. The molecule has 1 aliphatic rings. The molecule has 3 aromatic rings. The fourth-order valence-corrected chi connectivity index (χ4v) is 3.50. The molecule has 8 heteroatoms. The molecule has 2 aromatic carbocycles. The molecule has 0 spiro atoms. The first kappa shape index (κ1) is 21.9. The third kappa shape index (κ3) is 3.98. The number of methoxy groups -OCH3 is 3. The number of fused-ring (bicyclic) bond motifs is 1. The van der Waals surface area contributed by atoms with Gasteiger partial charge in [0.2, 0.25) is 11.5 Å². The highest BCUT2D eigenvalue weighted by Crippen LogP contribution is 2.43. The third-order valence-electron chi connectivity index (χ3n) is 5.18. The summed E-state index contributed by atoms with van der Waals surface area (Å²) < 4.78 is 27.6. The normalized spacial score (nSPS) is 13.3. The number of esters is 1. The Labute approximate surface area is 190 Å². The van der Waals surface area contributed by atoms with E-state index in [1.807, 2.05) is 0 Å². The van der Waals surface area contributed by atoms with Crippen molar-refractivity contribution in [3.63, 3.8) is 0 Å². The quantitative estimate of drug-likeness (QED) is 0.315. The first-order valence-electron chi connectivity index (χ1n) is 9.97. The molecule has 168 valence electrons. The standard InChI is InChI=1S/C25H21NO7/c1-14-18(33-25(28)15-9-11-26-12-10-15)8-6-17-21(27)20(32-22(14)17)13-16-5-7-19(29-2)24(31-4)23(16)30-3/h5-13H,1-4H3/b20-13-. The number of ether oxygens (including phenoxy) is 5. The van der Waals surface area contributed by atoms with Gasteiger partial charge in [-0.2, -0.15) is 0 Å². The first-order valence-corrected chi connectivity index (χ1v) is 9.97. The Kier molecular flexibility index (Phi) is 5.99. The van der Waals surface area contributed by atoms with Crippen LogP contribution in [0.4, 0.5) is 0 Å². The summed E-state index contributed by atoms with van der Waals surface area (Å²) in [6.45, 7) is 1.72. The van der Waals surface area contributed by atoms with E-state index in [2.05, 4.69) is 4.98 Å². The van der Waals surface area contributed by atoms with Crippen LogP contribution in [0, 0.1) is 6.92 Å². The number of nitrogens with zero attached hydrogens (tertiary/aromatic N) is 1. The molecule has 0 radical (unpaired) electrons. The number of rotatable bonds is 6. The van der Waals surface area contributed by atoms with E-state index >= 15 is 0 Å². The zero-order valence-corrected chi connectivity index (χ0v) is 18.5. The summed E-state index contributed by atoms with van der Waals surface area (Å²) in [4.78, 5) is 29.3. The Morgan fingerprint density at radius 3 is 2.27 bits per heavy atom. The van der Waals surface area contributed by atoms with Gasteiger partial charge in [-0.3, -0.25) is 9.78 Å². The van der Waals surface area contributed by atoms with Crippen LogP contribution in [0.2, 0.25) is 0 Å². The van der Waals surface area contributed by atoms with E-state index in [-0.39, 0.29) is 11.5 Å². The van der Waals surface area contributed by atoms with Crippen molar-refractivity contribution in [1.82, 2.24) is 4.98 Å². The molecular formula is C25H21NO7. The molecular weight excluding hydrogens is 426 g/mol. The van der Waals surface area contributed by atoms with Gasteiger partial charge in [0.25, 0.3) is 0 Å². The highest BCUT2D eigenvalue weighted by molar-refractivity contribution is 6.15. The van der Waals surface area contributed by atoms with Gasteiger partial charge in [0.15, 0.2) is 17.3 Å². The van der Waals surface area contributed by atoms with E-state index in [1.165, 1.54) is 33.7 Å². The minimum absolute atomic E-state index is 0.108. The Balaban J connectivity index is 1.66. The lowest BCUT2D eigenvalue weighted by Crippen LogP contribution is -2.09. The van der Waals surface area contributed by atoms with Gasteiger partial charge in [-0.25, -0.2) is 4.79 Å². The molecule has 8 nitrogen and oxygen atoms in total. The van der Waals surface area contributed by atoms with Crippen molar-refractivity contribution < 1.29 is 33.3 Å². The molecule has 4 rings (SSSR count). The number of ketones is 1. The fraction of sp³-hybridized carbons (Fsp3) is 0.160. The highest BCUT2D eigenvalue weighted by atomic mass is 16.5. The lowest BCUT2D eigenvalue weighted by Gasteiger charge is -2.14. The van der Waals surface area contributed by atoms with Crippen LogP contribution in [0.5, 0.6) is 28.7 Å². The SMILES string of the molecule is COc1ccc(/C=C2\Oc3c(ccc(OC(=O)c4ccncc4)c3C)C2=O)c(OC)c1OC. The lowest BCUT2D eigenvalue weighted by molar-refractivity contribution is 0.0733. The Hall–Kier alpha value is -4.33. The molecule has 0 atom stereocenters. The van der Waals surface area contributed by atoms with E-state index in [0.29, 0.717) is 51.0 Å². The molecule has 33 heavy (non-hydrogen) atoms. The van der Waals surface area contributed by atoms with Crippen molar-refractivity contribution in [2.24, 2.45) is 0 Å². The van der Waals surface area contributed by atoms with Gasteiger partial charge in [0.05, 0.1) is 32.5 Å². The second kappa shape index (κ2) is 9.04. The second-order valence-electron chi connectivity index (χ2n) is 7.05. The lowest BCUT2D eigenvalue weighted by atomic mass is 10.1. The van der Waals surface area contributed by atoms with Gasteiger partial charge in [-0.15, -0.1) is 0 Å². The zero-order chi connectivity index (χ0) is 23.5. The van der Waals surface area contributed by atoms with Gasteiger partial charge in [-0.05, 0) is 49.4 Å². The van der Waals surface area contributed by atoms with Gasteiger partial charge in [0, 0.05) is 23.5 Å². The van der Waals surface area contributed by atoms with E-state index in [4.69, 9.17) is 23.7 Å². The van der Waals surface area contributed by atoms with Gasteiger partial charge in [-0.1, -0.05) is 0 Å². The number of Topliss-reactive ketones (excluding diaryl/α,β-unsaturated/α-hetero) is 1. The van der Waals surface area contributed by atoms with E-state index in [9.17, 15) is 9.59 Å². The average molecular weight is 447 g/mol. The molecule has 0 saturated carbocycles. The van der Waals surface area contributed by atoms with Gasteiger partial charge >= 0.3 is 5.97 Å². The molecule has 0 amide bonds. The number of hydrogen-bond acceptors (Lipinski definition) is 8. The third-order valence-corrected chi connectivity index (χ3v) is 5.18. The Bertz CT molecular complexity index is 1270. The van der Waals surface area contributed by atoms with Crippen LogP contribution in [-0.2, 0) is 0 Å². The summed E-state index contributed by atoms with van der Waals surface area (Å²) in [6, 6.07) is 9.72. The molecule has 0 N–H and O–H groups in total. The predicted molar refractivity (Wildman–Crippen MR) is 119 cm³/mol. The molecule has 2 heterocycles. The van der Waals surface area contributed by atoms with Crippen molar-refractivity contribution >= 4 is 17.8 Å². The van der Waals surface area contributed by atoms with Crippen LogP contribution in [0.15, 0.2) is 54.6 Å². The Morgan fingerprint density at radius 2 is 1.61 bits per heavy atom. The molecule has 0 saturated heterocycles. The summed E-state index contributed by atoms with van der Waals surface area (Å²) in [7, 11) is 4.53. The van der Waals surface area contributed by atoms with Gasteiger partial charge < -0.3 is 23.7 Å². The number of benzene rings is 2. The topological polar surface area (TPSA) is 93.2 Å². The van der Waals surface area contributed by atoms with Crippen LogP contribution >= 0.6 is 0 Å². The van der Waals surface area contributed by atoms with Crippen molar-refractivity contribution in [1.29, 1.82) is 0 Å². The van der Waals surface area contributed by atoms with Crippen molar-refractivity contribution in [3.05, 3.63) is 76.8 Å². The summed E-state index contributed by atoms with van der Waals surface area (Å²) in [6.07, 6.45) is 4.59. The molecule has 0 fully saturated rings. The van der Waals surface area contributed by atoms with Crippen LogP contribution in [-0.4, -0.2) is 38.1 Å². The van der Waals surface area contributed by atoms with Crippen LogP contribution in [0.25, 0.3) is 6.08 Å². The second-order valence-corrected chi connectivity index (χ2v) is 7.05. The maximum atomic E-state index is 13.0. The maximum Gasteiger partial charge on any atom is 0.343 e. The average Bonchev–Trinajstić information content (AvgIpc) is 3.16. The van der Waals surface area contributed by atoms with E-state index in [0.717, 1.165) is 0 Å². The largest absolute Gasteiger partial charge is 0.493 e. The number of carbonyl (C=O) groups excluding carboxylic acids is 2. The summed E-state index contributed by atoms with van der Waals surface area (Å²) in [5.74, 6) is 1.22. The van der Waals surface area contributed by atoms with Crippen LogP contribution in [0.1, 0.15) is 31.8 Å². The monoisotopic (exact) mass is 447 g/mol. The van der Waals surface area contributed by atoms with Crippen molar-refractivity contribution in [3.8, 4) is 28.7 Å². The predicted octanol–water partition coefficient (Wildman–Crippen LogP) is 4.25. The van der Waals surface area contributed by atoms with Crippen LogP contribution in [0.3, 0.4) is 0 Å². The molecule has 0 aliphatic carbocycles. The maximum absolute atomic E-state index is 13.0. The minimum atomic E-state index is -0.532. The van der Waals surface area contributed by atoms with Crippen LogP contribution < -0.4 is 23.7 Å². The van der Waals surface area contributed by atoms with Gasteiger partial charge in [0.1, 0.15) is 11.5 Å². The molecule has 1 aromatic heterocycles. The molecule has 1 aliphatic heterocycles. The first-order chi connectivity index (χ1) is 16.0. The molecule has 0 unspecified atom stereocenters. The summed E-state index contributed by atoms with van der Waals surface area (Å²) >= 11 is 0. The zero-order valence-electron chi connectivity index (χ0n) is 18.5. The fourth-order valence-electron chi connectivity index (χ4n) is 3.50. The Morgan fingerprint density at radius 1 is 0.909 bits per heavy atom. The number of aromatic nitrogens is 1. The van der Waals surface area contributed by atoms with E-state index < -0.39 is 5.97 Å². The minimum Gasteiger partial charge on any atom is -0.493 e. The van der Waals surface area contributed by atoms with Crippen molar-refractivity contribution in [2.45, 2.75) is 6.92 Å². The number of hydrogen-bond donors (Lipinski definition) is 0. The number of carbonyl (C=O) groups is 2. The van der Waals surface area contributed by atoms with Crippen molar-refractivity contribution in [2.75, 3.05) is 21.3 Å². The number of pyridine rings is 1. The summed E-state index contributed by atoms with van der Waals surface area (Å²) in [5.41, 5.74) is 1.85. The highest BCUT2D eigenvalue weighted by Gasteiger charge is 2.31. The summed E-state index contributed by atoms with van der Waals surface area (Å²) in [5, 5.41) is 0. The molecule has 0 bridgehead atoms. The number of allylic oxidation sites excluding steroid dienone is 1.